The van der Waals surface area contributed by atoms with Crippen molar-refractivity contribution < 1.29 is 4.79 Å². The third kappa shape index (κ3) is 4.49. The molecule has 0 aliphatic carbocycles. The fraction of sp³-hybridized carbons (Fsp3) is 0.389. The second-order valence-electron chi connectivity index (χ2n) is 6.35. The van der Waals surface area contributed by atoms with Crippen molar-refractivity contribution in [2.24, 2.45) is 0 Å². The Balaban J connectivity index is 1.96. The van der Waals surface area contributed by atoms with Gasteiger partial charge in [-0.15, -0.1) is 11.3 Å². The van der Waals surface area contributed by atoms with Crippen LogP contribution in [0.5, 0.6) is 0 Å². The van der Waals surface area contributed by atoms with Gasteiger partial charge in [0, 0.05) is 28.9 Å². The van der Waals surface area contributed by atoms with Crippen molar-refractivity contribution in [3.8, 4) is 0 Å². The van der Waals surface area contributed by atoms with Gasteiger partial charge in [-0.25, -0.2) is 4.79 Å². The number of urea groups is 1. The van der Waals surface area contributed by atoms with E-state index in [1.54, 1.807) is 16.2 Å². The van der Waals surface area contributed by atoms with E-state index >= 15 is 0 Å². The molecule has 0 spiro atoms. The zero-order valence-corrected chi connectivity index (χ0v) is 15.5. The van der Waals surface area contributed by atoms with Gasteiger partial charge in [0.2, 0.25) is 0 Å². The molecule has 0 bridgehead atoms. The molecule has 1 aromatic heterocycles. The van der Waals surface area contributed by atoms with Crippen molar-refractivity contribution in [2.75, 3.05) is 13.6 Å². The lowest BCUT2D eigenvalue weighted by Crippen LogP contribution is -2.43. The summed E-state index contributed by atoms with van der Waals surface area (Å²) >= 11 is 7.60. The van der Waals surface area contributed by atoms with E-state index in [1.807, 2.05) is 49.7 Å². The minimum atomic E-state index is -0.159. The number of rotatable bonds is 5. The molecule has 3 nitrogen and oxygen atoms in total. The molecule has 0 aliphatic rings. The molecule has 5 heteroatoms. The van der Waals surface area contributed by atoms with Crippen LogP contribution < -0.4 is 5.32 Å². The topological polar surface area (TPSA) is 32.3 Å². The quantitative estimate of drug-likeness (QED) is 0.801. The number of carbonyl (C=O) groups is 1. The normalized spacial score (nSPS) is 12.7. The Morgan fingerprint density at radius 2 is 1.96 bits per heavy atom. The second-order valence-corrected chi connectivity index (χ2v) is 7.77. The number of hydrogen-bond donors (Lipinski definition) is 1. The molecule has 0 saturated carbocycles. The smallest absolute Gasteiger partial charge is 0.317 e. The van der Waals surface area contributed by atoms with E-state index in [2.05, 4.69) is 25.2 Å². The standard InChI is InChI=1S/C18H23ClN2OS/c1-13(16-6-5-11-23-16)21(4)17(22)20-12-18(2,3)14-7-9-15(19)10-8-14/h5-11,13H,12H2,1-4H3,(H,20,22). The maximum atomic E-state index is 12.4. The molecule has 124 valence electrons. The molecule has 23 heavy (non-hydrogen) atoms. The Kier molecular flexibility index (Phi) is 5.71. The van der Waals surface area contributed by atoms with Crippen molar-refractivity contribution in [1.82, 2.24) is 10.2 Å². The summed E-state index contributed by atoms with van der Waals surface area (Å²) in [7, 11) is 1.83. The highest BCUT2D eigenvalue weighted by molar-refractivity contribution is 7.10. The third-order valence-corrected chi connectivity index (χ3v) is 5.46. The van der Waals surface area contributed by atoms with E-state index in [-0.39, 0.29) is 17.5 Å². The maximum Gasteiger partial charge on any atom is 0.317 e. The zero-order valence-electron chi connectivity index (χ0n) is 14.0. The molecule has 1 unspecified atom stereocenters. The number of hydrogen-bond acceptors (Lipinski definition) is 2. The van der Waals surface area contributed by atoms with Crippen LogP contribution >= 0.6 is 22.9 Å². The van der Waals surface area contributed by atoms with Crippen LogP contribution in [0.25, 0.3) is 0 Å². The summed E-state index contributed by atoms with van der Waals surface area (Å²) in [6.07, 6.45) is 0. The van der Waals surface area contributed by atoms with Gasteiger partial charge in [0.25, 0.3) is 0 Å². The number of carbonyl (C=O) groups excluding carboxylic acids is 1. The highest BCUT2D eigenvalue weighted by Crippen LogP contribution is 2.25. The van der Waals surface area contributed by atoms with E-state index in [0.29, 0.717) is 6.54 Å². The van der Waals surface area contributed by atoms with Gasteiger partial charge in [-0.3, -0.25) is 0 Å². The fourth-order valence-electron chi connectivity index (χ4n) is 2.32. The first-order valence-electron chi connectivity index (χ1n) is 7.61. The van der Waals surface area contributed by atoms with Crippen LogP contribution in [0.1, 0.15) is 37.3 Å². The first kappa shape index (κ1) is 17.8. The predicted molar refractivity (Wildman–Crippen MR) is 98.4 cm³/mol. The van der Waals surface area contributed by atoms with Crippen LogP contribution in [0, 0.1) is 0 Å². The SMILES string of the molecule is CC(c1cccs1)N(C)C(=O)NCC(C)(C)c1ccc(Cl)cc1. The molecule has 2 rings (SSSR count). The van der Waals surface area contributed by atoms with E-state index < -0.39 is 0 Å². The highest BCUT2D eigenvalue weighted by Gasteiger charge is 2.24. The van der Waals surface area contributed by atoms with E-state index in [0.717, 1.165) is 10.6 Å². The van der Waals surface area contributed by atoms with Gasteiger partial charge in [-0.1, -0.05) is 43.6 Å². The summed E-state index contributed by atoms with van der Waals surface area (Å²) in [4.78, 5) is 15.3. The van der Waals surface area contributed by atoms with Crippen LogP contribution in [0.3, 0.4) is 0 Å². The molecule has 0 radical (unpaired) electrons. The highest BCUT2D eigenvalue weighted by atomic mass is 35.5. The van der Waals surface area contributed by atoms with E-state index in [1.165, 1.54) is 4.88 Å². The number of nitrogens with one attached hydrogen (secondary N) is 1. The summed E-state index contributed by atoms with van der Waals surface area (Å²) in [6.45, 7) is 6.82. The largest absolute Gasteiger partial charge is 0.337 e. The number of nitrogens with zero attached hydrogens (tertiary/aromatic N) is 1. The lowest BCUT2D eigenvalue weighted by atomic mass is 9.85. The Morgan fingerprint density at radius 1 is 1.30 bits per heavy atom. The lowest BCUT2D eigenvalue weighted by Gasteiger charge is -2.29. The molecule has 0 saturated heterocycles. The molecule has 2 amide bonds. The van der Waals surface area contributed by atoms with Gasteiger partial charge < -0.3 is 10.2 Å². The van der Waals surface area contributed by atoms with E-state index in [4.69, 9.17) is 11.6 Å². The van der Waals surface area contributed by atoms with Crippen molar-refractivity contribution >= 4 is 29.0 Å². The Labute approximate surface area is 147 Å². The van der Waals surface area contributed by atoms with Crippen molar-refractivity contribution in [3.63, 3.8) is 0 Å². The molecule has 1 aromatic carbocycles. The van der Waals surface area contributed by atoms with Crippen LogP contribution in [0.15, 0.2) is 41.8 Å². The second kappa shape index (κ2) is 7.37. The summed E-state index contributed by atoms with van der Waals surface area (Å²) < 4.78 is 0. The van der Waals surface area contributed by atoms with Gasteiger partial charge in [-0.05, 0) is 36.1 Å². The number of halogens is 1. The number of amides is 2. The average molecular weight is 351 g/mol. The fourth-order valence-corrected chi connectivity index (χ4v) is 3.27. The number of thiophene rings is 1. The molecule has 2 aromatic rings. The summed E-state index contributed by atoms with van der Waals surface area (Å²) in [5.74, 6) is 0. The Morgan fingerprint density at radius 3 is 2.52 bits per heavy atom. The summed E-state index contributed by atoms with van der Waals surface area (Å²) in [6, 6.07) is 11.8. The summed E-state index contributed by atoms with van der Waals surface area (Å²) in [5, 5.41) is 5.79. The first-order chi connectivity index (χ1) is 10.8. The predicted octanol–water partition coefficient (Wildman–Crippen LogP) is 5.08. The van der Waals surface area contributed by atoms with Crippen molar-refractivity contribution in [1.29, 1.82) is 0 Å². The molecule has 1 N–H and O–H groups in total. The Bertz CT molecular complexity index is 638. The van der Waals surface area contributed by atoms with Crippen LogP contribution in [-0.2, 0) is 5.41 Å². The Hall–Kier alpha value is -1.52. The summed E-state index contributed by atoms with van der Waals surface area (Å²) in [5.41, 5.74) is 0.990. The molecule has 1 atom stereocenters. The van der Waals surface area contributed by atoms with Crippen molar-refractivity contribution in [3.05, 3.63) is 57.2 Å². The first-order valence-corrected chi connectivity index (χ1v) is 8.87. The minimum absolute atomic E-state index is 0.0621. The van der Waals surface area contributed by atoms with Gasteiger partial charge >= 0.3 is 6.03 Å². The molecular formula is C18H23ClN2OS. The third-order valence-electron chi connectivity index (χ3n) is 4.16. The maximum absolute atomic E-state index is 12.4. The van der Waals surface area contributed by atoms with Crippen molar-refractivity contribution in [2.45, 2.75) is 32.2 Å². The molecular weight excluding hydrogens is 328 g/mol. The van der Waals surface area contributed by atoms with Gasteiger partial charge in [0.15, 0.2) is 0 Å². The monoisotopic (exact) mass is 350 g/mol. The molecule has 0 aliphatic heterocycles. The van der Waals surface area contributed by atoms with E-state index in [9.17, 15) is 4.79 Å². The zero-order chi connectivity index (χ0) is 17.0. The van der Waals surface area contributed by atoms with Crippen LogP contribution in [0.4, 0.5) is 4.79 Å². The van der Waals surface area contributed by atoms with Gasteiger partial charge in [-0.2, -0.15) is 0 Å². The average Bonchev–Trinajstić information content (AvgIpc) is 3.06. The number of benzene rings is 1. The van der Waals surface area contributed by atoms with Gasteiger partial charge in [0.05, 0.1) is 6.04 Å². The molecule has 1 heterocycles. The molecule has 0 fully saturated rings. The van der Waals surface area contributed by atoms with Crippen LogP contribution in [0.2, 0.25) is 5.02 Å². The van der Waals surface area contributed by atoms with Crippen LogP contribution in [-0.4, -0.2) is 24.5 Å². The minimum Gasteiger partial charge on any atom is -0.337 e. The van der Waals surface area contributed by atoms with Gasteiger partial charge in [0.1, 0.15) is 0 Å². The lowest BCUT2D eigenvalue weighted by molar-refractivity contribution is 0.193.